The lowest BCUT2D eigenvalue weighted by molar-refractivity contribution is -0.144. The third-order valence-electron chi connectivity index (χ3n) is 3.43. The van der Waals surface area contributed by atoms with Gasteiger partial charge in [-0.05, 0) is 17.7 Å². The molecule has 0 aliphatic carbocycles. The Kier molecular flexibility index (Phi) is 5.74. The molecule has 0 aromatic heterocycles. The lowest BCUT2D eigenvalue weighted by Gasteiger charge is -2.24. The van der Waals surface area contributed by atoms with Crippen molar-refractivity contribution in [3.05, 3.63) is 29.8 Å². The van der Waals surface area contributed by atoms with Crippen molar-refractivity contribution in [1.82, 2.24) is 10.6 Å². The van der Waals surface area contributed by atoms with E-state index < -0.39 is 24.0 Å². The first-order valence-electron chi connectivity index (χ1n) is 7.08. The molecule has 0 saturated carbocycles. The van der Waals surface area contributed by atoms with Crippen molar-refractivity contribution in [3.8, 4) is 5.75 Å². The van der Waals surface area contributed by atoms with Gasteiger partial charge >= 0.3 is 5.97 Å². The van der Waals surface area contributed by atoms with Crippen molar-refractivity contribution in [2.45, 2.75) is 18.6 Å². The summed E-state index contributed by atoms with van der Waals surface area (Å²) < 4.78 is 10.4. The van der Waals surface area contributed by atoms with Gasteiger partial charge in [0.2, 0.25) is 0 Å². The summed E-state index contributed by atoms with van der Waals surface area (Å²) in [5.74, 6) is -0.789. The monoisotopic (exact) mass is 308 g/mol. The second-order valence-electron chi connectivity index (χ2n) is 5.02. The second-order valence-corrected chi connectivity index (χ2v) is 5.02. The van der Waals surface area contributed by atoms with Crippen LogP contribution in [-0.4, -0.2) is 55.9 Å². The van der Waals surface area contributed by atoms with E-state index in [2.05, 4.69) is 10.6 Å². The van der Waals surface area contributed by atoms with Crippen LogP contribution in [-0.2, 0) is 20.7 Å². The molecule has 1 aliphatic rings. The second kappa shape index (κ2) is 7.77. The maximum absolute atomic E-state index is 12.0. The molecular formula is C15H20N2O5. The third kappa shape index (κ3) is 4.44. The summed E-state index contributed by atoms with van der Waals surface area (Å²) >= 11 is 0. The van der Waals surface area contributed by atoms with Crippen LogP contribution < -0.4 is 15.4 Å². The van der Waals surface area contributed by atoms with Crippen LogP contribution in [0.25, 0.3) is 0 Å². The molecule has 1 heterocycles. The fourth-order valence-corrected chi connectivity index (χ4v) is 2.20. The molecule has 1 aliphatic heterocycles. The summed E-state index contributed by atoms with van der Waals surface area (Å²) in [4.78, 5) is 23.4. The lowest BCUT2D eigenvalue weighted by atomic mass is 10.1. The number of carboxylic acids is 1. The van der Waals surface area contributed by atoms with E-state index in [0.29, 0.717) is 25.4 Å². The minimum absolute atomic E-state index is 0.200. The highest BCUT2D eigenvalue weighted by Gasteiger charge is 2.27. The zero-order chi connectivity index (χ0) is 15.9. The van der Waals surface area contributed by atoms with Crippen LogP contribution in [0.1, 0.15) is 5.56 Å². The molecule has 1 aromatic carbocycles. The topological polar surface area (TPSA) is 96.9 Å². The summed E-state index contributed by atoms with van der Waals surface area (Å²) in [7, 11) is 1.56. The molecule has 1 unspecified atom stereocenters. The zero-order valence-corrected chi connectivity index (χ0v) is 12.4. The van der Waals surface area contributed by atoms with Gasteiger partial charge in [0.1, 0.15) is 17.9 Å². The van der Waals surface area contributed by atoms with E-state index >= 15 is 0 Å². The number of ether oxygens (including phenoxy) is 2. The predicted octanol–water partition coefficient (Wildman–Crippen LogP) is -0.204. The van der Waals surface area contributed by atoms with Crippen LogP contribution in [0, 0.1) is 0 Å². The number of rotatable bonds is 6. The molecule has 0 spiro atoms. The van der Waals surface area contributed by atoms with Gasteiger partial charge in [0.25, 0.3) is 5.91 Å². The van der Waals surface area contributed by atoms with Crippen LogP contribution in [0.4, 0.5) is 0 Å². The number of aliphatic carboxylic acids is 1. The molecule has 0 bridgehead atoms. The van der Waals surface area contributed by atoms with Gasteiger partial charge < -0.3 is 25.2 Å². The zero-order valence-electron chi connectivity index (χ0n) is 12.4. The number of carboxylic acid groups (broad SMARTS) is 1. The predicted molar refractivity (Wildman–Crippen MR) is 78.9 cm³/mol. The number of benzene rings is 1. The standard InChI is InChI=1S/C15H20N2O5/c1-21-11-4-2-10(3-5-11)8-12(15(19)20)17-14(18)13-9-16-6-7-22-13/h2-5,12-13,16H,6-9H2,1H3,(H,17,18)(H,19,20)/t12-,13?/m0/s1. The van der Waals surface area contributed by atoms with E-state index in [0.717, 1.165) is 5.56 Å². The number of hydrogen-bond acceptors (Lipinski definition) is 5. The molecule has 3 N–H and O–H groups in total. The van der Waals surface area contributed by atoms with Crippen molar-refractivity contribution in [2.24, 2.45) is 0 Å². The van der Waals surface area contributed by atoms with E-state index in [1.54, 1.807) is 31.4 Å². The maximum Gasteiger partial charge on any atom is 0.326 e. The van der Waals surface area contributed by atoms with Crippen LogP contribution in [0.15, 0.2) is 24.3 Å². The average molecular weight is 308 g/mol. The van der Waals surface area contributed by atoms with Gasteiger partial charge in [-0.1, -0.05) is 12.1 Å². The first-order chi connectivity index (χ1) is 10.6. The van der Waals surface area contributed by atoms with Gasteiger partial charge in [0.15, 0.2) is 0 Å². The molecule has 7 nitrogen and oxygen atoms in total. The third-order valence-corrected chi connectivity index (χ3v) is 3.43. The van der Waals surface area contributed by atoms with Gasteiger partial charge in [0, 0.05) is 19.5 Å². The molecular weight excluding hydrogens is 288 g/mol. The molecule has 22 heavy (non-hydrogen) atoms. The highest BCUT2D eigenvalue weighted by atomic mass is 16.5. The normalized spacial score (nSPS) is 19.2. The van der Waals surface area contributed by atoms with E-state index in [1.165, 1.54) is 0 Å². The quantitative estimate of drug-likeness (QED) is 0.673. The van der Waals surface area contributed by atoms with E-state index in [-0.39, 0.29) is 6.42 Å². The van der Waals surface area contributed by atoms with Crippen molar-refractivity contribution in [1.29, 1.82) is 0 Å². The van der Waals surface area contributed by atoms with Crippen molar-refractivity contribution in [2.75, 3.05) is 26.8 Å². The molecule has 0 radical (unpaired) electrons. The molecule has 120 valence electrons. The van der Waals surface area contributed by atoms with Crippen molar-refractivity contribution in [3.63, 3.8) is 0 Å². The Morgan fingerprint density at radius 2 is 2.18 bits per heavy atom. The highest BCUT2D eigenvalue weighted by Crippen LogP contribution is 2.13. The fraction of sp³-hybridized carbons (Fsp3) is 0.467. The molecule has 2 rings (SSSR count). The summed E-state index contributed by atoms with van der Waals surface area (Å²) in [6.07, 6.45) is -0.447. The van der Waals surface area contributed by atoms with Crippen molar-refractivity contribution >= 4 is 11.9 Å². The summed E-state index contributed by atoms with van der Waals surface area (Å²) in [5, 5.41) is 14.8. The number of morpholine rings is 1. The van der Waals surface area contributed by atoms with E-state index in [9.17, 15) is 14.7 Å². The number of carbonyl (C=O) groups is 2. The maximum atomic E-state index is 12.0. The average Bonchev–Trinajstić information content (AvgIpc) is 2.55. The van der Waals surface area contributed by atoms with Gasteiger partial charge in [0.05, 0.1) is 13.7 Å². The Bertz CT molecular complexity index is 511. The minimum atomic E-state index is -1.08. The number of nitrogens with one attached hydrogen (secondary N) is 2. The van der Waals surface area contributed by atoms with Gasteiger partial charge in [-0.15, -0.1) is 0 Å². The first kappa shape index (κ1) is 16.3. The van der Waals surface area contributed by atoms with Gasteiger partial charge in [-0.25, -0.2) is 4.79 Å². The lowest BCUT2D eigenvalue weighted by Crippen LogP contribution is -2.52. The fourth-order valence-electron chi connectivity index (χ4n) is 2.20. The Balaban J connectivity index is 1.96. The Morgan fingerprint density at radius 1 is 1.45 bits per heavy atom. The number of hydrogen-bond donors (Lipinski definition) is 3. The molecule has 1 amide bonds. The van der Waals surface area contributed by atoms with E-state index in [4.69, 9.17) is 9.47 Å². The molecule has 1 saturated heterocycles. The molecule has 1 fully saturated rings. The van der Waals surface area contributed by atoms with Crippen LogP contribution >= 0.6 is 0 Å². The van der Waals surface area contributed by atoms with Crippen LogP contribution in [0.5, 0.6) is 5.75 Å². The molecule has 7 heteroatoms. The SMILES string of the molecule is COc1ccc(C[C@H](NC(=O)C2CNCCO2)C(=O)O)cc1. The Labute approximate surface area is 128 Å². The molecule has 1 aromatic rings. The minimum Gasteiger partial charge on any atom is -0.497 e. The summed E-state index contributed by atoms with van der Waals surface area (Å²) in [6, 6.07) is 6.07. The van der Waals surface area contributed by atoms with Gasteiger partial charge in [-0.2, -0.15) is 0 Å². The molecule has 2 atom stereocenters. The summed E-state index contributed by atoms with van der Waals surface area (Å²) in [6.45, 7) is 1.52. The Hall–Kier alpha value is -2.12. The number of amides is 1. The van der Waals surface area contributed by atoms with Gasteiger partial charge in [-0.3, -0.25) is 4.79 Å². The first-order valence-corrected chi connectivity index (χ1v) is 7.08. The smallest absolute Gasteiger partial charge is 0.326 e. The van der Waals surface area contributed by atoms with Crippen LogP contribution in [0.2, 0.25) is 0 Å². The highest BCUT2D eigenvalue weighted by molar-refractivity contribution is 5.86. The Morgan fingerprint density at radius 3 is 2.73 bits per heavy atom. The summed E-state index contributed by atoms with van der Waals surface area (Å²) in [5.41, 5.74) is 0.802. The van der Waals surface area contributed by atoms with Crippen molar-refractivity contribution < 1.29 is 24.2 Å². The number of carbonyl (C=O) groups excluding carboxylic acids is 1. The number of methoxy groups -OCH3 is 1. The largest absolute Gasteiger partial charge is 0.497 e. The van der Waals surface area contributed by atoms with Crippen LogP contribution in [0.3, 0.4) is 0 Å². The van der Waals surface area contributed by atoms with E-state index in [1.807, 2.05) is 0 Å².